The van der Waals surface area contributed by atoms with Gasteiger partial charge in [0, 0.05) is 18.0 Å². The second kappa shape index (κ2) is 6.52. The Morgan fingerprint density at radius 3 is 2.55 bits per heavy atom. The first-order chi connectivity index (χ1) is 14.2. The minimum Gasteiger partial charge on any atom is -0.497 e. The smallest absolute Gasteiger partial charge is 0.267 e. The lowest BCUT2D eigenvalue weighted by Gasteiger charge is -2.11. The molecule has 8 nitrogen and oxygen atoms in total. The van der Waals surface area contributed by atoms with Crippen LogP contribution in [0, 0.1) is 6.92 Å². The zero-order chi connectivity index (χ0) is 20.0. The minimum absolute atomic E-state index is 0.227. The summed E-state index contributed by atoms with van der Waals surface area (Å²) >= 11 is 0. The van der Waals surface area contributed by atoms with Gasteiger partial charge in [-0.15, -0.1) is 5.10 Å². The Labute approximate surface area is 165 Å². The van der Waals surface area contributed by atoms with Crippen molar-refractivity contribution in [3.63, 3.8) is 0 Å². The average molecular weight is 384 g/mol. The molecule has 0 radical (unpaired) electrons. The van der Waals surface area contributed by atoms with Crippen LogP contribution in [0.5, 0.6) is 5.75 Å². The van der Waals surface area contributed by atoms with Crippen molar-refractivity contribution in [2.75, 3.05) is 7.11 Å². The first-order valence-electron chi connectivity index (χ1n) is 9.00. The monoisotopic (exact) mass is 384 g/mol. The van der Waals surface area contributed by atoms with Crippen LogP contribution < -0.4 is 10.3 Å². The molecule has 142 valence electrons. The molecule has 0 saturated heterocycles. The van der Waals surface area contributed by atoms with Gasteiger partial charge in [0.05, 0.1) is 23.7 Å². The lowest BCUT2D eigenvalue weighted by Crippen LogP contribution is -2.20. The number of methoxy groups -OCH3 is 1. The van der Waals surface area contributed by atoms with Crippen molar-refractivity contribution in [3.05, 3.63) is 77.1 Å². The average Bonchev–Trinajstić information content (AvgIpc) is 3.13. The molecule has 29 heavy (non-hydrogen) atoms. The van der Waals surface area contributed by atoms with E-state index < -0.39 is 0 Å². The minimum atomic E-state index is -0.227. The summed E-state index contributed by atoms with van der Waals surface area (Å²) in [6.07, 6.45) is 3.33. The van der Waals surface area contributed by atoms with E-state index in [9.17, 15) is 4.79 Å². The molecule has 0 aliphatic heterocycles. The van der Waals surface area contributed by atoms with Crippen LogP contribution in [-0.2, 0) is 0 Å². The third kappa shape index (κ3) is 2.73. The number of aryl methyl sites for hydroxylation is 1. The van der Waals surface area contributed by atoms with Crippen LogP contribution in [0.1, 0.15) is 5.82 Å². The summed E-state index contributed by atoms with van der Waals surface area (Å²) in [7, 11) is 1.61. The van der Waals surface area contributed by atoms with Gasteiger partial charge in [0.25, 0.3) is 11.3 Å². The van der Waals surface area contributed by atoms with Gasteiger partial charge in [0.1, 0.15) is 17.4 Å². The maximum Gasteiger partial charge on any atom is 0.267 e. The molecule has 0 unspecified atom stereocenters. The highest BCUT2D eigenvalue weighted by Gasteiger charge is 2.18. The maximum absolute atomic E-state index is 13.5. The lowest BCUT2D eigenvalue weighted by atomic mass is 10.1. The van der Waals surface area contributed by atoms with E-state index in [1.807, 2.05) is 36.4 Å². The van der Waals surface area contributed by atoms with Crippen LogP contribution in [-0.4, -0.2) is 36.2 Å². The first-order valence-corrected chi connectivity index (χ1v) is 9.00. The van der Waals surface area contributed by atoms with Gasteiger partial charge in [-0.2, -0.15) is 9.50 Å². The fraction of sp³-hybridized carbons (Fsp3) is 0.0952. The molecule has 8 heteroatoms. The molecule has 0 fully saturated rings. The van der Waals surface area contributed by atoms with E-state index >= 15 is 0 Å². The molecular weight excluding hydrogens is 368 g/mol. The zero-order valence-electron chi connectivity index (χ0n) is 15.8. The number of benzene rings is 1. The van der Waals surface area contributed by atoms with Crippen LogP contribution >= 0.6 is 0 Å². The molecule has 0 spiro atoms. The largest absolute Gasteiger partial charge is 0.497 e. The normalized spacial score (nSPS) is 11.2. The van der Waals surface area contributed by atoms with Gasteiger partial charge >= 0.3 is 0 Å². The molecule has 4 aromatic heterocycles. The van der Waals surface area contributed by atoms with Crippen LogP contribution in [0.3, 0.4) is 0 Å². The van der Waals surface area contributed by atoms with Crippen molar-refractivity contribution in [1.29, 1.82) is 0 Å². The van der Waals surface area contributed by atoms with Gasteiger partial charge in [0.15, 0.2) is 0 Å². The van der Waals surface area contributed by atoms with E-state index in [1.165, 1.54) is 4.57 Å². The highest BCUT2D eigenvalue weighted by molar-refractivity contribution is 5.93. The Kier molecular flexibility index (Phi) is 3.83. The predicted molar refractivity (Wildman–Crippen MR) is 108 cm³/mol. The number of aromatic nitrogens is 6. The summed E-state index contributed by atoms with van der Waals surface area (Å²) in [5, 5.41) is 4.92. The van der Waals surface area contributed by atoms with Crippen molar-refractivity contribution < 1.29 is 4.74 Å². The third-order valence-electron chi connectivity index (χ3n) is 4.69. The maximum atomic E-state index is 13.5. The summed E-state index contributed by atoms with van der Waals surface area (Å²) in [5.74, 6) is 2.28. The predicted octanol–water partition coefficient (Wildman–Crippen LogP) is 2.81. The molecule has 1 aromatic carbocycles. The van der Waals surface area contributed by atoms with Crippen LogP contribution in [0.2, 0.25) is 0 Å². The number of hydrogen-bond acceptors (Lipinski definition) is 6. The number of rotatable bonds is 3. The van der Waals surface area contributed by atoms with E-state index in [0.717, 1.165) is 11.3 Å². The van der Waals surface area contributed by atoms with Crippen molar-refractivity contribution in [2.45, 2.75) is 6.92 Å². The van der Waals surface area contributed by atoms with E-state index in [1.54, 1.807) is 43.1 Å². The lowest BCUT2D eigenvalue weighted by molar-refractivity contribution is 0.415. The van der Waals surface area contributed by atoms with Gasteiger partial charge in [-0.1, -0.05) is 6.07 Å². The summed E-state index contributed by atoms with van der Waals surface area (Å²) < 4.78 is 8.38. The molecule has 0 saturated carbocycles. The first kappa shape index (κ1) is 17.1. The van der Waals surface area contributed by atoms with E-state index in [-0.39, 0.29) is 5.56 Å². The standard InChI is InChI=1S/C21H16N6O2/c1-13-23-21-24-16-10-12-26(17-5-3-4-11-22-17)20(28)18(16)19(27(21)25-13)14-6-8-15(29-2)9-7-14/h3-12H,1-2H3. The highest BCUT2D eigenvalue weighted by Crippen LogP contribution is 2.28. The number of ether oxygens (including phenoxy) is 1. The van der Waals surface area contributed by atoms with Gasteiger partial charge in [0.2, 0.25) is 0 Å². The Bertz CT molecular complexity index is 1410. The molecule has 5 rings (SSSR count). The van der Waals surface area contributed by atoms with Crippen molar-refractivity contribution in [2.24, 2.45) is 0 Å². The quantitative estimate of drug-likeness (QED) is 0.475. The summed E-state index contributed by atoms with van der Waals surface area (Å²) in [6, 6.07) is 14.7. The third-order valence-corrected chi connectivity index (χ3v) is 4.69. The molecule has 0 aliphatic rings. The number of fused-ring (bicyclic) bond motifs is 2. The van der Waals surface area contributed by atoms with Crippen molar-refractivity contribution in [1.82, 2.24) is 29.1 Å². The number of pyridine rings is 2. The van der Waals surface area contributed by atoms with Gasteiger partial charge in [-0.3, -0.25) is 9.36 Å². The van der Waals surface area contributed by atoms with Crippen molar-refractivity contribution >= 4 is 16.7 Å². The van der Waals surface area contributed by atoms with Crippen LogP contribution in [0.4, 0.5) is 0 Å². The van der Waals surface area contributed by atoms with E-state index in [4.69, 9.17) is 4.74 Å². The molecule has 4 heterocycles. The van der Waals surface area contributed by atoms with E-state index in [2.05, 4.69) is 20.1 Å². The topological polar surface area (TPSA) is 87.2 Å². The second-order valence-corrected chi connectivity index (χ2v) is 6.50. The Hall–Kier alpha value is -4.07. The van der Waals surface area contributed by atoms with Gasteiger partial charge < -0.3 is 4.74 Å². The summed E-state index contributed by atoms with van der Waals surface area (Å²) in [5.41, 5.74) is 1.76. The molecule has 0 aliphatic carbocycles. The Balaban J connectivity index is 1.91. The molecule has 0 atom stereocenters. The van der Waals surface area contributed by atoms with E-state index in [0.29, 0.717) is 34.0 Å². The Morgan fingerprint density at radius 1 is 1.00 bits per heavy atom. The fourth-order valence-electron chi connectivity index (χ4n) is 3.37. The second-order valence-electron chi connectivity index (χ2n) is 6.50. The number of hydrogen-bond donors (Lipinski definition) is 0. The summed E-state index contributed by atoms with van der Waals surface area (Å²) in [4.78, 5) is 26.7. The SMILES string of the molecule is COc1ccc(-c2c3c(=O)n(-c4ccccn4)ccc3nc3nc(C)nn23)cc1. The molecule has 0 bridgehead atoms. The highest BCUT2D eigenvalue weighted by atomic mass is 16.5. The van der Waals surface area contributed by atoms with Gasteiger partial charge in [-0.05, 0) is 49.4 Å². The zero-order valence-corrected chi connectivity index (χ0v) is 15.8. The van der Waals surface area contributed by atoms with Gasteiger partial charge in [-0.25, -0.2) is 9.97 Å². The molecule has 0 N–H and O–H groups in total. The molecule has 5 aromatic rings. The molecular formula is C21H16N6O2. The Morgan fingerprint density at radius 2 is 1.83 bits per heavy atom. The van der Waals surface area contributed by atoms with Crippen LogP contribution in [0.25, 0.3) is 33.8 Å². The number of nitrogens with zero attached hydrogens (tertiary/aromatic N) is 6. The van der Waals surface area contributed by atoms with Crippen LogP contribution in [0.15, 0.2) is 65.7 Å². The fourth-order valence-corrected chi connectivity index (χ4v) is 3.37. The summed E-state index contributed by atoms with van der Waals surface area (Å²) in [6.45, 7) is 1.79. The molecule has 0 amide bonds. The van der Waals surface area contributed by atoms with Crippen molar-refractivity contribution in [3.8, 4) is 22.8 Å².